The number of Topliss-reactive ketones (excluding diaryl/α,β-unsaturated/α-hetero) is 1. The van der Waals surface area contributed by atoms with Crippen LogP contribution in [0.4, 0.5) is 4.39 Å². The number of halogens is 1. The van der Waals surface area contributed by atoms with Crippen LogP contribution in [0.1, 0.15) is 24.5 Å². The van der Waals surface area contributed by atoms with Crippen molar-refractivity contribution in [2.75, 3.05) is 13.6 Å². The van der Waals surface area contributed by atoms with Gasteiger partial charge >= 0.3 is 0 Å². The maximum absolute atomic E-state index is 13.8. The lowest BCUT2D eigenvalue weighted by Gasteiger charge is -2.31. The number of carbonyl (C=O) groups excluding carboxylic acids is 1. The fraction of sp³-hybridized carbons (Fsp3) is 0.261. The van der Waals surface area contributed by atoms with Crippen LogP contribution in [-0.4, -0.2) is 35.3 Å². The Kier molecular flexibility index (Phi) is 4.67. The van der Waals surface area contributed by atoms with Crippen molar-refractivity contribution < 1.29 is 9.18 Å². The largest absolute Gasteiger partial charge is 0.370 e. The summed E-state index contributed by atoms with van der Waals surface area (Å²) in [5, 5.41) is 3.17. The molecule has 28 heavy (non-hydrogen) atoms. The maximum Gasteiger partial charge on any atom is 0.175 e. The average Bonchev–Trinajstić information content (AvgIpc) is 3.12. The van der Waals surface area contributed by atoms with Gasteiger partial charge in [-0.2, -0.15) is 0 Å². The van der Waals surface area contributed by atoms with Crippen molar-refractivity contribution in [2.45, 2.75) is 26.4 Å². The highest BCUT2D eigenvalue weighted by Gasteiger charge is 2.30. The van der Waals surface area contributed by atoms with Crippen LogP contribution < -0.4 is 5.32 Å². The molecule has 5 heteroatoms. The van der Waals surface area contributed by atoms with E-state index in [0.717, 1.165) is 34.6 Å². The minimum atomic E-state index is -0.359. The predicted octanol–water partition coefficient (Wildman–Crippen LogP) is 3.85. The van der Waals surface area contributed by atoms with Crippen LogP contribution in [0.2, 0.25) is 0 Å². The van der Waals surface area contributed by atoms with Crippen molar-refractivity contribution in [1.82, 2.24) is 15.1 Å². The first-order chi connectivity index (χ1) is 13.5. The van der Waals surface area contributed by atoms with Crippen LogP contribution in [0.25, 0.3) is 5.70 Å². The average molecular weight is 377 g/mol. The summed E-state index contributed by atoms with van der Waals surface area (Å²) >= 11 is 0. The third-order valence-corrected chi connectivity index (χ3v) is 5.37. The number of fused-ring (bicyclic) bond motifs is 1. The number of likely N-dealkylation sites (N-methyl/N-ethyl adjacent to an activating group) is 1. The van der Waals surface area contributed by atoms with Crippen molar-refractivity contribution in [2.24, 2.45) is 0 Å². The normalized spacial score (nSPS) is 20.8. The zero-order valence-electron chi connectivity index (χ0n) is 16.4. The van der Waals surface area contributed by atoms with Crippen molar-refractivity contribution >= 4 is 11.5 Å². The molecule has 3 heterocycles. The summed E-state index contributed by atoms with van der Waals surface area (Å²) in [5.41, 5.74) is 5.72. The number of nitrogens with zero attached hydrogens (tertiary/aromatic N) is 2. The van der Waals surface area contributed by atoms with Gasteiger partial charge in [-0.25, -0.2) is 4.39 Å². The Morgan fingerprint density at radius 2 is 2.11 bits per heavy atom. The van der Waals surface area contributed by atoms with Gasteiger partial charge in [0.15, 0.2) is 11.9 Å². The van der Waals surface area contributed by atoms with Crippen molar-refractivity contribution in [3.8, 4) is 0 Å². The zero-order valence-corrected chi connectivity index (χ0v) is 16.4. The quantitative estimate of drug-likeness (QED) is 0.865. The van der Waals surface area contributed by atoms with Gasteiger partial charge in [-0.3, -0.25) is 4.79 Å². The third-order valence-electron chi connectivity index (χ3n) is 5.37. The lowest BCUT2D eigenvalue weighted by molar-refractivity contribution is -0.122. The molecule has 0 aromatic heterocycles. The fourth-order valence-corrected chi connectivity index (χ4v) is 3.83. The maximum atomic E-state index is 13.8. The molecule has 1 atom stereocenters. The number of aryl methyl sites for hydroxylation is 1. The van der Waals surface area contributed by atoms with E-state index in [0.29, 0.717) is 12.0 Å². The Bertz CT molecular complexity index is 984. The van der Waals surface area contributed by atoms with Crippen LogP contribution in [0.15, 0.2) is 71.7 Å². The standard InChI is InChI=1S/C23H24FN3O/c1-4-21(28)23-25-13-18-9-7-17(14-27(18)23)19-6-5-11-26(3)22(19)16-8-10-20(24)15(2)12-16/h5-10,12-14,23,25H,4,11H2,1-3H3. The number of hydrogen-bond acceptors (Lipinski definition) is 4. The molecule has 0 fully saturated rings. The molecule has 144 valence electrons. The lowest BCUT2D eigenvalue weighted by Crippen LogP contribution is -2.41. The molecule has 1 aromatic rings. The van der Waals surface area contributed by atoms with E-state index < -0.39 is 0 Å². The van der Waals surface area contributed by atoms with Gasteiger partial charge in [0.25, 0.3) is 0 Å². The van der Waals surface area contributed by atoms with Crippen LogP contribution in [0, 0.1) is 12.7 Å². The van der Waals surface area contributed by atoms with Crippen LogP contribution in [-0.2, 0) is 4.79 Å². The highest BCUT2D eigenvalue weighted by atomic mass is 19.1. The van der Waals surface area contributed by atoms with Gasteiger partial charge in [-0.15, -0.1) is 0 Å². The molecule has 0 saturated heterocycles. The molecule has 0 spiro atoms. The topological polar surface area (TPSA) is 35.6 Å². The molecule has 0 bridgehead atoms. The van der Waals surface area contributed by atoms with E-state index in [1.54, 1.807) is 6.92 Å². The number of rotatable bonds is 4. The number of allylic oxidation sites excluding steroid dienone is 5. The van der Waals surface area contributed by atoms with Crippen molar-refractivity contribution in [1.29, 1.82) is 0 Å². The Morgan fingerprint density at radius 3 is 2.86 bits per heavy atom. The molecule has 0 aliphatic carbocycles. The molecule has 0 saturated carbocycles. The van der Waals surface area contributed by atoms with Gasteiger partial charge in [-0.1, -0.05) is 25.2 Å². The van der Waals surface area contributed by atoms with E-state index in [4.69, 9.17) is 0 Å². The van der Waals surface area contributed by atoms with E-state index in [1.807, 2.05) is 49.5 Å². The van der Waals surface area contributed by atoms with Gasteiger partial charge in [-0.05, 0) is 42.3 Å². The van der Waals surface area contributed by atoms with Crippen LogP contribution in [0.5, 0.6) is 0 Å². The SMILES string of the molecule is CCC(=O)C1NC=C2C=CC(C3=C(c4ccc(F)c(C)c4)N(C)CC=C3)=CN21. The number of ketones is 1. The zero-order chi connectivity index (χ0) is 19.8. The molecule has 3 aliphatic rings. The van der Waals surface area contributed by atoms with Crippen LogP contribution >= 0.6 is 0 Å². The number of benzene rings is 1. The van der Waals surface area contributed by atoms with E-state index in [-0.39, 0.29) is 17.8 Å². The summed E-state index contributed by atoms with van der Waals surface area (Å²) in [6.45, 7) is 4.45. The first-order valence-corrected chi connectivity index (χ1v) is 9.55. The molecule has 1 N–H and O–H groups in total. The Labute approximate surface area is 165 Å². The summed E-state index contributed by atoms with van der Waals surface area (Å²) in [5.74, 6) is -0.0488. The summed E-state index contributed by atoms with van der Waals surface area (Å²) in [6, 6.07) is 5.24. The van der Waals surface area contributed by atoms with Gasteiger partial charge in [0.2, 0.25) is 0 Å². The number of hydrogen-bond donors (Lipinski definition) is 1. The molecule has 0 radical (unpaired) electrons. The summed E-state index contributed by atoms with van der Waals surface area (Å²) < 4.78 is 13.8. The summed E-state index contributed by atoms with van der Waals surface area (Å²) in [7, 11) is 2.04. The predicted molar refractivity (Wildman–Crippen MR) is 109 cm³/mol. The van der Waals surface area contributed by atoms with E-state index >= 15 is 0 Å². The Balaban J connectivity index is 1.79. The first kappa shape index (κ1) is 18.3. The molecular formula is C23H24FN3O. The van der Waals surface area contributed by atoms with Gasteiger partial charge < -0.3 is 15.1 Å². The van der Waals surface area contributed by atoms with E-state index in [1.165, 1.54) is 6.07 Å². The van der Waals surface area contributed by atoms with Crippen molar-refractivity contribution in [3.05, 3.63) is 88.7 Å². The minimum absolute atomic E-state index is 0.150. The molecule has 3 aliphatic heterocycles. The second kappa shape index (κ2) is 7.15. The molecule has 1 aromatic carbocycles. The third kappa shape index (κ3) is 3.07. The van der Waals surface area contributed by atoms with Gasteiger partial charge in [0.05, 0.1) is 11.4 Å². The van der Waals surface area contributed by atoms with Crippen molar-refractivity contribution in [3.63, 3.8) is 0 Å². The second-order valence-electron chi connectivity index (χ2n) is 7.29. The first-order valence-electron chi connectivity index (χ1n) is 9.55. The van der Waals surface area contributed by atoms with Crippen LogP contribution in [0.3, 0.4) is 0 Å². The summed E-state index contributed by atoms with van der Waals surface area (Å²) in [6.07, 6.45) is 12.3. The van der Waals surface area contributed by atoms with Gasteiger partial charge in [0, 0.05) is 43.6 Å². The van der Waals surface area contributed by atoms with Gasteiger partial charge in [0.1, 0.15) is 5.82 Å². The molecule has 1 unspecified atom stereocenters. The Morgan fingerprint density at radius 1 is 1.29 bits per heavy atom. The minimum Gasteiger partial charge on any atom is -0.370 e. The lowest BCUT2D eigenvalue weighted by atomic mass is 9.94. The van der Waals surface area contributed by atoms with E-state index in [9.17, 15) is 9.18 Å². The van der Waals surface area contributed by atoms with E-state index in [2.05, 4.69) is 28.4 Å². The smallest absolute Gasteiger partial charge is 0.175 e. The monoisotopic (exact) mass is 377 g/mol. The number of carbonyl (C=O) groups is 1. The summed E-state index contributed by atoms with van der Waals surface area (Å²) in [4.78, 5) is 16.5. The molecule has 4 nitrogen and oxygen atoms in total. The molecule has 0 amide bonds. The number of nitrogens with one attached hydrogen (secondary N) is 1. The highest BCUT2D eigenvalue weighted by molar-refractivity contribution is 5.85. The fourth-order valence-electron chi connectivity index (χ4n) is 3.83. The Hall–Kier alpha value is -3.08. The second-order valence-corrected chi connectivity index (χ2v) is 7.29. The molecular weight excluding hydrogens is 353 g/mol. The highest BCUT2D eigenvalue weighted by Crippen LogP contribution is 2.35. The molecule has 4 rings (SSSR count).